The van der Waals surface area contributed by atoms with Gasteiger partial charge in [-0.3, -0.25) is 14.4 Å². The molecule has 0 aliphatic rings. The normalized spacial score (nSPS) is 10.3. The molecular formula is C17H21N3O3. The molecule has 0 aromatic heterocycles. The Balaban J connectivity index is 2.77. The molecule has 1 aromatic rings. The fourth-order valence-electron chi connectivity index (χ4n) is 1.57. The van der Waals surface area contributed by atoms with Crippen molar-refractivity contribution in [1.82, 2.24) is 10.6 Å². The lowest BCUT2D eigenvalue weighted by Crippen LogP contribution is -2.37. The highest BCUT2D eigenvalue weighted by Crippen LogP contribution is 2.20. The maximum atomic E-state index is 12.2. The van der Waals surface area contributed by atoms with Crippen molar-refractivity contribution in [3.05, 3.63) is 29.8 Å². The molecule has 6 nitrogen and oxygen atoms in total. The van der Waals surface area contributed by atoms with E-state index in [1.165, 1.54) is 0 Å². The zero-order valence-corrected chi connectivity index (χ0v) is 13.5. The number of carbonyl (C=O) groups is 3. The summed E-state index contributed by atoms with van der Waals surface area (Å²) >= 11 is 0. The van der Waals surface area contributed by atoms with Crippen LogP contribution in [0.5, 0.6) is 0 Å². The average Bonchev–Trinajstić information content (AvgIpc) is 2.50. The van der Waals surface area contributed by atoms with E-state index in [1.807, 2.05) is 0 Å². The Morgan fingerprint density at radius 1 is 1.13 bits per heavy atom. The van der Waals surface area contributed by atoms with Crippen LogP contribution in [0.4, 0.5) is 5.69 Å². The SMILES string of the molecule is C#CCNC(=O)CNC(=O)c1ccccc1NC(=O)C(C)(C)C. The standard InChI is InChI=1S/C17H21N3O3/c1-5-10-18-14(21)11-19-15(22)12-8-6-7-9-13(12)20-16(23)17(2,3)4/h1,6-9H,10-11H2,2-4H3,(H,18,21)(H,19,22)(H,20,23). The van der Waals surface area contributed by atoms with Gasteiger partial charge in [0.1, 0.15) is 0 Å². The van der Waals surface area contributed by atoms with Gasteiger partial charge in [0, 0.05) is 5.41 Å². The van der Waals surface area contributed by atoms with Crippen LogP contribution in [0.25, 0.3) is 0 Å². The summed E-state index contributed by atoms with van der Waals surface area (Å²) in [5.41, 5.74) is 0.0995. The Bertz CT molecular complexity index is 639. The number of terminal acetylenes is 1. The van der Waals surface area contributed by atoms with Crippen molar-refractivity contribution in [3.63, 3.8) is 0 Å². The Hall–Kier alpha value is -2.81. The molecular weight excluding hydrogens is 294 g/mol. The van der Waals surface area contributed by atoms with Crippen molar-refractivity contribution in [2.24, 2.45) is 5.41 Å². The first kappa shape index (κ1) is 18.2. The number of carbonyl (C=O) groups excluding carboxylic acids is 3. The lowest BCUT2D eigenvalue weighted by atomic mass is 9.95. The van der Waals surface area contributed by atoms with E-state index in [0.717, 1.165) is 0 Å². The van der Waals surface area contributed by atoms with Gasteiger partial charge in [0.15, 0.2) is 0 Å². The highest BCUT2D eigenvalue weighted by molar-refractivity contribution is 6.05. The van der Waals surface area contributed by atoms with Gasteiger partial charge in [0.05, 0.1) is 24.3 Å². The number of para-hydroxylation sites is 1. The molecule has 0 aliphatic carbocycles. The maximum Gasteiger partial charge on any atom is 0.253 e. The molecule has 0 unspecified atom stereocenters. The summed E-state index contributed by atoms with van der Waals surface area (Å²) in [7, 11) is 0. The molecule has 3 N–H and O–H groups in total. The Morgan fingerprint density at radius 2 is 1.78 bits per heavy atom. The first-order valence-corrected chi connectivity index (χ1v) is 7.14. The molecule has 0 atom stereocenters. The van der Waals surface area contributed by atoms with E-state index in [-0.39, 0.29) is 30.5 Å². The van der Waals surface area contributed by atoms with Crippen LogP contribution in [0.2, 0.25) is 0 Å². The second-order valence-corrected chi connectivity index (χ2v) is 5.91. The van der Waals surface area contributed by atoms with Gasteiger partial charge in [0.25, 0.3) is 5.91 Å². The number of rotatable bonds is 5. The van der Waals surface area contributed by atoms with Crippen molar-refractivity contribution in [2.75, 3.05) is 18.4 Å². The van der Waals surface area contributed by atoms with Gasteiger partial charge in [-0.05, 0) is 12.1 Å². The van der Waals surface area contributed by atoms with E-state index in [1.54, 1.807) is 45.0 Å². The fourth-order valence-corrected chi connectivity index (χ4v) is 1.57. The predicted octanol–water partition coefficient (Wildman–Crippen LogP) is 1.15. The third kappa shape index (κ3) is 5.83. The molecule has 23 heavy (non-hydrogen) atoms. The zero-order valence-electron chi connectivity index (χ0n) is 13.5. The van der Waals surface area contributed by atoms with Crippen molar-refractivity contribution in [2.45, 2.75) is 20.8 Å². The van der Waals surface area contributed by atoms with E-state index in [9.17, 15) is 14.4 Å². The second kappa shape index (κ2) is 7.99. The Kier molecular flexibility index (Phi) is 6.34. The minimum absolute atomic E-state index is 0.104. The third-order valence-electron chi connectivity index (χ3n) is 2.90. The van der Waals surface area contributed by atoms with E-state index in [2.05, 4.69) is 21.9 Å². The number of anilines is 1. The largest absolute Gasteiger partial charge is 0.344 e. The van der Waals surface area contributed by atoms with Gasteiger partial charge in [-0.1, -0.05) is 38.8 Å². The molecule has 0 bridgehead atoms. The first-order chi connectivity index (χ1) is 10.8. The first-order valence-electron chi connectivity index (χ1n) is 7.14. The Morgan fingerprint density at radius 3 is 2.39 bits per heavy atom. The molecule has 122 valence electrons. The molecule has 0 saturated heterocycles. The molecule has 0 radical (unpaired) electrons. The van der Waals surface area contributed by atoms with E-state index >= 15 is 0 Å². The molecule has 0 spiro atoms. The highest BCUT2D eigenvalue weighted by Gasteiger charge is 2.23. The Labute approximate surface area is 136 Å². The summed E-state index contributed by atoms with van der Waals surface area (Å²) in [5.74, 6) is 1.23. The van der Waals surface area contributed by atoms with Crippen LogP contribution in [0.15, 0.2) is 24.3 Å². The van der Waals surface area contributed by atoms with E-state index in [4.69, 9.17) is 6.42 Å². The second-order valence-electron chi connectivity index (χ2n) is 5.91. The number of amides is 3. The predicted molar refractivity (Wildman–Crippen MR) is 88.7 cm³/mol. The molecule has 0 aliphatic heterocycles. The van der Waals surface area contributed by atoms with Crippen LogP contribution < -0.4 is 16.0 Å². The molecule has 1 rings (SSSR count). The number of benzene rings is 1. The zero-order chi connectivity index (χ0) is 17.5. The molecule has 1 aromatic carbocycles. The van der Waals surface area contributed by atoms with Crippen LogP contribution in [0.3, 0.4) is 0 Å². The minimum Gasteiger partial charge on any atom is -0.344 e. The quantitative estimate of drug-likeness (QED) is 0.712. The van der Waals surface area contributed by atoms with E-state index in [0.29, 0.717) is 5.69 Å². The molecule has 0 heterocycles. The summed E-state index contributed by atoms with van der Waals surface area (Å²) in [6.45, 7) is 5.25. The molecule has 0 saturated carbocycles. The summed E-state index contributed by atoms with van der Waals surface area (Å²) < 4.78 is 0. The van der Waals surface area contributed by atoms with Crippen LogP contribution in [0, 0.1) is 17.8 Å². The maximum absolute atomic E-state index is 12.2. The van der Waals surface area contributed by atoms with Crippen molar-refractivity contribution < 1.29 is 14.4 Å². The molecule has 3 amide bonds. The summed E-state index contributed by atoms with van der Waals surface area (Å²) in [4.78, 5) is 35.7. The number of hydrogen-bond donors (Lipinski definition) is 3. The lowest BCUT2D eigenvalue weighted by Gasteiger charge is -2.19. The smallest absolute Gasteiger partial charge is 0.253 e. The van der Waals surface area contributed by atoms with Crippen molar-refractivity contribution in [3.8, 4) is 12.3 Å². The average molecular weight is 315 g/mol. The lowest BCUT2D eigenvalue weighted by molar-refractivity contribution is -0.123. The highest BCUT2D eigenvalue weighted by atomic mass is 16.2. The monoisotopic (exact) mass is 315 g/mol. The van der Waals surface area contributed by atoms with Crippen LogP contribution in [0.1, 0.15) is 31.1 Å². The topological polar surface area (TPSA) is 87.3 Å². The molecule has 0 fully saturated rings. The fraction of sp³-hybridized carbons (Fsp3) is 0.353. The van der Waals surface area contributed by atoms with Gasteiger partial charge in [-0.2, -0.15) is 0 Å². The van der Waals surface area contributed by atoms with Gasteiger partial charge in [-0.15, -0.1) is 6.42 Å². The van der Waals surface area contributed by atoms with E-state index < -0.39 is 11.3 Å². The third-order valence-corrected chi connectivity index (χ3v) is 2.90. The van der Waals surface area contributed by atoms with Gasteiger partial charge in [0.2, 0.25) is 11.8 Å². The summed E-state index contributed by atoms with van der Waals surface area (Å²) in [5, 5.41) is 7.66. The van der Waals surface area contributed by atoms with Crippen molar-refractivity contribution in [1.29, 1.82) is 0 Å². The van der Waals surface area contributed by atoms with Gasteiger partial charge in [-0.25, -0.2) is 0 Å². The summed E-state index contributed by atoms with van der Waals surface area (Å²) in [6, 6.07) is 6.61. The minimum atomic E-state index is -0.585. The number of hydrogen-bond acceptors (Lipinski definition) is 3. The van der Waals surface area contributed by atoms with Gasteiger partial charge < -0.3 is 16.0 Å². The van der Waals surface area contributed by atoms with Gasteiger partial charge >= 0.3 is 0 Å². The van der Waals surface area contributed by atoms with Crippen LogP contribution >= 0.6 is 0 Å². The van der Waals surface area contributed by atoms with Crippen LogP contribution in [-0.4, -0.2) is 30.8 Å². The summed E-state index contributed by atoms with van der Waals surface area (Å²) in [6.07, 6.45) is 5.03. The van der Waals surface area contributed by atoms with Crippen LogP contribution in [-0.2, 0) is 9.59 Å². The molecule has 6 heteroatoms. The number of nitrogens with one attached hydrogen (secondary N) is 3. The van der Waals surface area contributed by atoms with Crippen molar-refractivity contribution >= 4 is 23.4 Å².